The minimum absolute atomic E-state index is 0.147. The second-order valence-electron chi connectivity index (χ2n) is 6.84. The number of nitrogens with zero attached hydrogens (tertiary/aromatic N) is 2. The third-order valence-corrected chi connectivity index (χ3v) is 4.98. The third kappa shape index (κ3) is 2.92. The molecule has 0 saturated heterocycles. The highest BCUT2D eigenvalue weighted by Gasteiger charge is 2.63. The summed E-state index contributed by atoms with van der Waals surface area (Å²) in [7, 11) is 0. The topological polar surface area (TPSA) is 84.2 Å². The molecular formula is C19H23N3O3. The highest BCUT2D eigenvalue weighted by molar-refractivity contribution is 6.11. The molecule has 1 fully saturated rings. The maximum Gasteiger partial charge on any atom is 0.319 e. The molecule has 2 atom stereocenters. The van der Waals surface area contributed by atoms with Gasteiger partial charge in [0, 0.05) is 0 Å². The number of hydrogen-bond acceptors (Lipinski definition) is 3. The van der Waals surface area contributed by atoms with Crippen molar-refractivity contribution in [3.63, 3.8) is 0 Å². The molecule has 1 aliphatic carbocycles. The highest BCUT2D eigenvalue weighted by atomic mass is 16.4. The number of carbonyl (C=O) groups excluding carboxylic acids is 1. The van der Waals surface area contributed by atoms with Gasteiger partial charge in [-0.25, -0.2) is 4.68 Å². The summed E-state index contributed by atoms with van der Waals surface area (Å²) in [5.74, 6) is -1.65. The molecule has 2 N–H and O–H groups in total. The summed E-state index contributed by atoms with van der Waals surface area (Å²) in [5.41, 5.74) is 2.26. The van der Waals surface area contributed by atoms with Crippen molar-refractivity contribution in [1.82, 2.24) is 9.78 Å². The van der Waals surface area contributed by atoms with Gasteiger partial charge < -0.3 is 10.4 Å². The maximum atomic E-state index is 12.6. The molecule has 1 aromatic carbocycles. The van der Waals surface area contributed by atoms with E-state index in [2.05, 4.69) is 17.3 Å². The first-order chi connectivity index (χ1) is 11.9. The van der Waals surface area contributed by atoms with Crippen molar-refractivity contribution in [3.8, 4) is 5.69 Å². The van der Waals surface area contributed by atoms with E-state index in [9.17, 15) is 14.7 Å². The molecule has 6 heteroatoms. The SMILES string of the molecule is CCCc1c(NC(=O)[C@]2(C(=O)O)C[C@H]2C)cnn1-c1ccc(C)cc1. The normalized spacial score (nSPS) is 21.8. The number of aromatic nitrogens is 2. The second-order valence-corrected chi connectivity index (χ2v) is 6.84. The molecule has 0 radical (unpaired) electrons. The maximum absolute atomic E-state index is 12.6. The number of aliphatic carboxylic acids is 1. The van der Waals surface area contributed by atoms with E-state index in [0.717, 1.165) is 29.8 Å². The van der Waals surface area contributed by atoms with Crippen LogP contribution in [0.25, 0.3) is 5.69 Å². The van der Waals surface area contributed by atoms with Crippen LogP contribution in [0.3, 0.4) is 0 Å². The first-order valence-corrected chi connectivity index (χ1v) is 8.59. The number of carboxylic acids is 1. The fraction of sp³-hybridized carbons (Fsp3) is 0.421. The average molecular weight is 341 g/mol. The number of amides is 1. The minimum Gasteiger partial charge on any atom is -0.480 e. The fourth-order valence-electron chi connectivity index (χ4n) is 3.23. The van der Waals surface area contributed by atoms with E-state index < -0.39 is 17.3 Å². The van der Waals surface area contributed by atoms with E-state index in [1.54, 1.807) is 13.1 Å². The molecule has 2 aromatic rings. The van der Waals surface area contributed by atoms with Crippen LogP contribution in [0.1, 0.15) is 37.9 Å². The zero-order valence-electron chi connectivity index (χ0n) is 14.7. The van der Waals surface area contributed by atoms with Crippen LogP contribution in [0.2, 0.25) is 0 Å². The molecule has 0 spiro atoms. The molecule has 0 unspecified atom stereocenters. The van der Waals surface area contributed by atoms with Crippen LogP contribution in [0.15, 0.2) is 30.5 Å². The fourth-order valence-corrected chi connectivity index (χ4v) is 3.23. The van der Waals surface area contributed by atoms with E-state index in [0.29, 0.717) is 12.1 Å². The number of anilines is 1. The van der Waals surface area contributed by atoms with Gasteiger partial charge in [-0.3, -0.25) is 9.59 Å². The van der Waals surface area contributed by atoms with Gasteiger partial charge in [-0.15, -0.1) is 0 Å². The van der Waals surface area contributed by atoms with Crippen molar-refractivity contribution >= 4 is 17.6 Å². The van der Waals surface area contributed by atoms with Crippen molar-refractivity contribution in [2.45, 2.75) is 40.0 Å². The second kappa shape index (κ2) is 6.35. The molecule has 1 aliphatic rings. The Labute approximate surface area is 146 Å². The van der Waals surface area contributed by atoms with Crippen molar-refractivity contribution in [2.24, 2.45) is 11.3 Å². The molecule has 1 aromatic heterocycles. The van der Waals surface area contributed by atoms with Gasteiger partial charge in [0.15, 0.2) is 0 Å². The van der Waals surface area contributed by atoms with E-state index in [1.165, 1.54) is 0 Å². The largest absolute Gasteiger partial charge is 0.480 e. The lowest BCUT2D eigenvalue weighted by atomic mass is 10.0. The van der Waals surface area contributed by atoms with Crippen LogP contribution in [0.4, 0.5) is 5.69 Å². The number of aryl methyl sites for hydroxylation is 1. The van der Waals surface area contributed by atoms with Gasteiger partial charge in [0.25, 0.3) is 0 Å². The molecule has 0 aliphatic heterocycles. The number of carboxylic acid groups (broad SMARTS) is 1. The van der Waals surface area contributed by atoms with Gasteiger partial charge >= 0.3 is 5.97 Å². The van der Waals surface area contributed by atoms with E-state index in [1.807, 2.05) is 35.9 Å². The Hall–Kier alpha value is -2.63. The van der Waals surface area contributed by atoms with Crippen molar-refractivity contribution in [1.29, 1.82) is 0 Å². The number of carbonyl (C=O) groups is 2. The van der Waals surface area contributed by atoms with Crippen LogP contribution in [-0.4, -0.2) is 26.8 Å². The summed E-state index contributed by atoms with van der Waals surface area (Å²) in [5, 5.41) is 16.6. The lowest BCUT2D eigenvalue weighted by Gasteiger charge is -2.13. The first kappa shape index (κ1) is 17.2. The predicted molar refractivity (Wildman–Crippen MR) is 94.8 cm³/mol. The Morgan fingerprint density at radius 1 is 1.36 bits per heavy atom. The zero-order valence-corrected chi connectivity index (χ0v) is 14.7. The molecule has 0 bridgehead atoms. The van der Waals surface area contributed by atoms with Crippen LogP contribution < -0.4 is 5.32 Å². The molecule has 25 heavy (non-hydrogen) atoms. The van der Waals surface area contributed by atoms with Gasteiger partial charge in [-0.05, 0) is 37.8 Å². The quantitative estimate of drug-likeness (QED) is 0.790. The number of hydrogen-bond donors (Lipinski definition) is 2. The summed E-state index contributed by atoms with van der Waals surface area (Å²) in [4.78, 5) is 24.1. The van der Waals surface area contributed by atoms with Gasteiger partial charge in [0.1, 0.15) is 5.41 Å². The van der Waals surface area contributed by atoms with Crippen molar-refractivity contribution in [2.75, 3.05) is 5.32 Å². The van der Waals surface area contributed by atoms with Gasteiger partial charge in [-0.1, -0.05) is 38.0 Å². The number of rotatable bonds is 6. The van der Waals surface area contributed by atoms with Gasteiger partial charge in [-0.2, -0.15) is 5.10 Å². The monoisotopic (exact) mass is 341 g/mol. The van der Waals surface area contributed by atoms with Crippen LogP contribution in [-0.2, 0) is 16.0 Å². The Bertz CT molecular complexity index is 810. The average Bonchev–Trinajstić information content (AvgIpc) is 3.13. The number of nitrogens with one attached hydrogen (secondary N) is 1. The summed E-state index contributed by atoms with van der Waals surface area (Å²) < 4.78 is 1.81. The minimum atomic E-state index is -1.30. The summed E-state index contributed by atoms with van der Waals surface area (Å²) in [6, 6.07) is 7.98. The first-order valence-electron chi connectivity index (χ1n) is 8.59. The van der Waals surface area contributed by atoms with Crippen molar-refractivity contribution in [3.05, 3.63) is 41.7 Å². The van der Waals surface area contributed by atoms with Crippen LogP contribution in [0.5, 0.6) is 0 Å². The Kier molecular flexibility index (Phi) is 4.37. The van der Waals surface area contributed by atoms with Crippen molar-refractivity contribution < 1.29 is 14.7 Å². The van der Waals surface area contributed by atoms with Crippen LogP contribution >= 0.6 is 0 Å². The number of benzene rings is 1. The molecule has 132 valence electrons. The Morgan fingerprint density at radius 2 is 2.00 bits per heavy atom. The standard InChI is InChI=1S/C19H23N3O3/c1-4-5-16-15(21-17(23)19(18(24)25)10-13(19)3)11-20-22(16)14-8-6-12(2)7-9-14/h6-9,11,13H,4-5,10H2,1-3H3,(H,21,23)(H,24,25)/t13-,19+/m1/s1. The molecule has 1 saturated carbocycles. The van der Waals surface area contributed by atoms with Gasteiger partial charge in [0.2, 0.25) is 5.91 Å². The lowest BCUT2D eigenvalue weighted by Crippen LogP contribution is -2.33. The molecule has 1 amide bonds. The van der Waals surface area contributed by atoms with Gasteiger partial charge in [0.05, 0.1) is 23.3 Å². The molecule has 1 heterocycles. The van der Waals surface area contributed by atoms with E-state index in [4.69, 9.17) is 0 Å². The smallest absolute Gasteiger partial charge is 0.319 e. The predicted octanol–water partition coefficient (Wildman–Crippen LogP) is 3.18. The zero-order chi connectivity index (χ0) is 18.2. The van der Waals surface area contributed by atoms with Crippen LogP contribution in [0, 0.1) is 18.3 Å². The highest BCUT2D eigenvalue weighted by Crippen LogP contribution is 2.53. The Balaban J connectivity index is 1.91. The van der Waals surface area contributed by atoms with E-state index in [-0.39, 0.29) is 5.92 Å². The Morgan fingerprint density at radius 3 is 2.52 bits per heavy atom. The van der Waals surface area contributed by atoms with E-state index >= 15 is 0 Å². The summed E-state index contributed by atoms with van der Waals surface area (Å²) in [6.45, 7) is 5.86. The lowest BCUT2D eigenvalue weighted by molar-refractivity contribution is -0.148. The third-order valence-electron chi connectivity index (χ3n) is 4.98. The summed E-state index contributed by atoms with van der Waals surface area (Å²) >= 11 is 0. The summed E-state index contributed by atoms with van der Waals surface area (Å²) in [6.07, 6.45) is 3.61. The molecule has 6 nitrogen and oxygen atoms in total. The molecular weight excluding hydrogens is 318 g/mol. The molecule has 3 rings (SSSR count).